The first kappa shape index (κ1) is 13.0. The number of halogens is 8. The first-order valence-electron chi connectivity index (χ1n) is 3.79. The van der Waals surface area contributed by atoms with Gasteiger partial charge in [-0.25, -0.2) is 8.78 Å². The Labute approximate surface area is 84.2 Å². The highest BCUT2D eigenvalue weighted by molar-refractivity contribution is 5.47. The van der Waals surface area contributed by atoms with E-state index in [4.69, 9.17) is 0 Å². The van der Waals surface area contributed by atoms with E-state index in [0.29, 0.717) is 0 Å². The largest absolute Gasteiger partial charge is 0.419 e. The van der Waals surface area contributed by atoms with Gasteiger partial charge in [0.2, 0.25) is 0 Å². The second-order valence-electron chi connectivity index (χ2n) is 2.91. The van der Waals surface area contributed by atoms with E-state index in [2.05, 4.69) is 0 Å². The molecule has 8 heteroatoms. The van der Waals surface area contributed by atoms with Crippen molar-refractivity contribution in [3.05, 3.63) is 29.5 Å². The maximum atomic E-state index is 12.7. The minimum atomic E-state index is -5.53. The Balaban J connectivity index is 3.31. The first-order valence-corrected chi connectivity index (χ1v) is 3.79. The van der Waals surface area contributed by atoms with Gasteiger partial charge < -0.3 is 0 Å². The van der Waals surface area contributed by atoms with Crippen LogP contribution in [-0.2, 0) is 0 Å². The van der Waals surface area contributed by atoms with Gasteiger partial charge in [-0.15, -0.1) is 0 Å². The molecule has 0 nitrogen and oxygen atoms in total. The highest BCUT2D eigenvalue weighted by Gasteiger charge is 2.50. The molecule has 0 fully saturated rings. The third-order valence-electron chi connectivity index (χ3n) is 1.73. The van der Waals surface area contributed by atoms with Crippen LogP contribution in [0.1, 0.15) is 0 Å². The first-order chi connectivity index (χ1) is 7.03. The lowest BCUT2D eigenvalue weighted by Gasteiger charge is -2.23. The molecule has 91 valence electrons. The van der Waals surface area contributed by atoms with E-state index in [0.717, 1.165) is 0 Å². The van der Waals surface area contributed by atoms with Crippen molar-refractivity contribution in [1.29, 1.82) is 0 Å². The minimum Gasteiger partial charge on any atom is -0.242 e. The SMILES string of the molecule is FC1=C(C(F)(F)F)C(C(F)(F)F)=CC(F)[CH]1. The smallest absolute Gasteiger partial charge is 0.242 e. The van der Waals surface area contributed by atoms with Gasteiger partial charge in [0, 0.05) is 0 Å². The monoisotopic (exact) mass is 251 g/mol. The van der Waals surface area contributed by atoms with E-state index < -0.39 is 35.5 Å². The van der Waals surface area contributed by atoms with Crippen molar-refractivity contribution in [2.24, 2.45) is 0 Å². The predicted molar refractivity (Wildman–Crippen MR) is 37.5 cm³/mol. The van der Waals surface area contributed by atoms with Crippen LogP contribution in [0.3, 0.4) is 0 Å². The van der Waals surface area contributed by atoms with Crippen LogP contribution in [0.4, 0.5) is 35.1 Å². The Kier molecular flexibility index (Phi) is 3.04. The Morgan fingerprint density at radius 2 is 1.44 bits per heavy atom. The highest BCUT2D eigenvalue weighted by atomic mass is 19.4. The summed E-state index contributed by atoms with van der Waals surface area (Å²) in [6.45, 7) is 0. The summed E-state index contributed by atoms with van der Waals surface area (Å²) in [5.74, 6) is -2.25. The van der Waals surface area contributed by atoms with Gasteiger partial charge in [0.15, 0.2) is 0 Å². The fourth-order valence-corrected chi connectivity index (χ4v) is 1.17. The molecule has 1 unspecified atom stereocenters. The summed E-state index contributed by atoms with van der Waals surface area (Å²) in [5, 5.41) is 0. The van der Waals surface area contributed by atoms with Crippen LogP contribution >= 0.6 is 0 Å². The molecule has 0 spiro atoms. The average molecular weight is 251 g/mol. The lowest BCUT2D eigenvalue weighted by atomic mass is 9.95. The van der Waals surface area contributed by atoms with Crippen LogP contribution in [0, 0.1) is 6.42 Å². The quantitative estimate of drug-likeness (QED) is 0.574. The zero-order valence-corrected chi connectivity index (χ0v) is 7.26. The van der Waals surface area contributed by atoms with E-state index in [-0.39, 0.29) is 12.5 Å². The molecule has 0 heterocycles. The van der Waals surface area contributed by atoms with E-state index in [1.54, 1.807) is 0 Å². The molecule has 0 aromatic heterocycles. The fourth-order valence-electron chi connectivity index (χ4n) is 1.17. The molecule has 1 aliphatic carbocycles. The topological polar surface area (TPSA) is 0 Å². The van der Waals surface area contributed by atoms with Crippen LogP contribution in [0.15, 0.2) is 23.0 Å². The van der Waals surface area contributed by atoms with Gasteiger partial charge in [0.25, 0.3) is 0 Å². The van der Waals surface area contributed by atoms with Crippen LogP contribution in [0.5, 0.6) is 0 Å². The molecule has 0 saturated carbocycles. The summed E-state index contributed by atoms with van der Waals surface area (Å²) in [5.41, 5.74) is -4.83. The molecule has 0 aromatic carbocycles. The van der Waals surface area contributed by atoms with Gasteiger partial charge in [-0.1, -0.05) is 0 Å². The van der Waals surface area contributed by atoms with E-state index in [1.165, 1.54) is 0 Å². The van der Waals surface area contributed by atoms with Crippen molar-refractivity contribution in [2.45, 2.75) is 18.5 Å². The molecule has 0 amide bonds. The molecular weight excluding hydrogens is 248 g/mol. The second kappa shape index (κ2) is 3.74. The zero-order chi connectivity index (χ0) is 12.7. The van der Waals surface area contributed by atoms with Gasteiger partial charge in [0.1, 0.15) is 12.0 Å². The lowest BCUT2D eigenvalue weighted by molar-refractivity contribution is -0.120. The van der Waals surface area contributed by atoms with Crippen molar-refractivity contribution in [1.82, 2.24) is 0 Å². The molecule has 1 aliphatic rings. The maximum Gasteiger partial charge on any atom is 0.419 e. The molecule has 1 radical (unpaired) electrons. The molecular formula is C8H3F8. The highest BCUT2D eigenvalue weighted by Crippen LogP contribution is 2.45. The van der Waals surface area contributed by atoms with Crippen LogP contribution in [0.2, 0.25) is 0 Å². The number of hydrogen-bond acceptors (Lipinski definition) is 0. The normalized spacial score (nSPS) is 23.5. The summed E-state index contributed by atoms with van der Waals surface area (Å²) in [6, 6.07) is 0. The summed E-state index contributed by atoms with van der Waals surface area (Å²) in [4.78, 5) is 0. The van der Waals surface area contributed by atoms with Crippen LogP contribution < -0.4 is 0 Å². The maximum absolute atomic E-state index is 12.7. The predicted octanol–water partition coefficient (Wildman–Crippen LogP) is 3.82. The minimum absolute atomic E-state index is 0.169. The molecule has 0 saturated heterocycles. The molecule has 0 aliphatic heterocycles. The summed E-state index contributed by atoms with van der Waals surface area (Å²) in [6.07, 6.45) is -14.0. The standard InChI is InChI=1S/C8H3F8/c9-3-1-4(7(11,12)13)6(5(10)2-3)8(14,15)16/h1-3H. The van der Waals surface area contributed by atoms with Crippen molar-refractivity contribution >= 4 is 0 Å². The number of rotatable bonds is 0. The summed E-state index contributed by atoms with van der Waals surface area (Å²) < 4.78 is 97.9. The van der Waals surface area contributed by atoms with E-state index >= 15 is 0 Å². The van der Waals surface area contributed by atoms with Gasteiger partial charge in [0.05, 0.1) is 17.6 Å². The average Bonchev–Trinajstić information content (AvgIpc) is 1.97. The number of alkyl halides is 7. The van der Waals surface area contributed by atoms with E-state index in [1.807, 2.05) is 0 Å². The zero-order valence-electron chi connectivity index (χ0n) is 7.26. The van der Waals surface area contributed by atoms with Crippen molar-refractivity contribution in [3.63, 3.8) is 0 Å². The lowest BCUT2D eigenvalue weighted by Crippen LogP contribution is -2.28. The molecule has 1 rings (SSSR count). The van der Waals surface area contributed by atoms with Crippen LogP contribution in [0.25, 0.3) is 0 Å². The Bertz CT molecular complexity index is 342. The van der Waals surface area contributed by atoms with Crippen molar-refractivity contribution in [2.75, 3.05) is 0 Å². The van der Waals surface area contributed by atoms with Gasteiger partial charge in [-0.05, 0) is 6.08 Å². The molecule has 0 bridgehead atoms. The third kappa shape index (κ3) is 2.53. The molecule has 1 atom stereocenters. The summed E-state index contributed by atoms with van der Waals surface area (Å²) in [7, 11) is 0. The van der Waals surface area contributed by atoms with Gasteiger partial charge in [-0.2, -0.15) is 26.3 Å². The fraction of sp³-hybridized carbons (Fsp3) is 0.375. The Morgan fingerprint density at radius 3 is 1.81 bits per heavy atom. The third-order valence-corrected chi connectivity index (χ3v) is 1.73. The van der Waals surface area contributed by atoms with Gasteiger partial charge in [-0.3, -0.25) is 0 Å². The number of hydrogen-bond donors (Lipinski definition) is 0. The van der Waals surface area contributed by atoms with Crippen molar-refractivity contribution in [3.8, 4) is 0 Å². The molecule has 0 aromatic rings. The Hall–Kier alpha value is -1.08. The molecule has 0 N–H and O–H groups in total. The second-order valence-corrected chi connectivity index (χ2v) is 2.91. The van der Waals surface area contributed by atoms with Gasteiger partial charge >= 0.3 is 12.4 Å². The number of allylic oxidation sites excluding steroid dienone is 4. The Morgan fingerprint density at radius 1 is 0.938 bits per heavy atom. The van der Waals surface area contributed by atoms with E-state index in [9.17, 15) is 35.1 Å². The molecule has 16 heavy (non-hydrogen) atoms. The van der Waals surface area contributed by atoms with Crippen LogP contribution in [-0.4, -0.2) is 18.5 Å². The van der Waals surface area contributed by atoms with Crippen molar-refractivity contribution < 1.29 is 35.1 Å². The summed E-state index contributed by atoms with van der Waals surface area (Å²) >= 11 is 0.